The molecule has 3 N–H and O–H groups in total. The highest BCUT2D eigenvalue weighted by Crippen LogP contribution is 2.30. The Balaban J connectivity index is 2.30. The molecule has 90 valence electrons. The van der Waals surface area contributed by atoms with Crippen LogP contribution in [0.15, 0.2) is 28.3 Å². The molecule has 0 aliphatic carbocycles. The Morgan fingerprint density at radius 3 is 2.94 bits per heavy atom. The summed E-state index contributed by atoms with van der Waals surface area (Å²) in [7, 11) is 0. The molecule has 0 aliphatic heterocycles. The predicted molar refractivity (Wildman–Crippen MR) is 64.4 cm³/mol. The first kappa shape index (κ1) is 12.1. The lowest BCUT2D eigenvalue weighted by molar-refractivity contribution is 0.596. The van der Waals surface area contributed by atoms with Crippen molar-refractivity contribution in [2.45, 2.75) is 23.4 Å². The average molecular weight is 252 g/mol. The van der Waals surface area contributed by atoms with E-state index in [1.54, 1.807) is 13.0 Å². The number of rotatable bonds is 4. The molecule has 2 rings (SSSR count). The number of nitrogens with two attached hydrogens (primary N) is 1. The summed E-state index contributed by atoms with van der Waals surface area (Å²) in [6.07, 6.45) is 0.642. The van der Waals surface area contributed by atoms with E-state index in [0.717, 1.165) is 5.56 Å². The van der Waals surface area contributed by atoms with Crippen LogP contribution in [-0.2, 0) is 6.42 Å². The van der Waals surface area contributed by atoms with Crippen molar-refractivity contribution in [1.82, 2.24) is 15.2 Å². The fraction of sp³-hybridized carbons (Fsp3) is 0.273. The van der Waals surface area contributed by atoms with Crippen LogP contribution in [0.2, 0.25) is 0 Å². The lowest BCUT2D eigenvalue weighted by atomic mass is 10.1. The molecule has 1 aromatic heterocycles. The summed E-state index contributed by atoms with van der Waals surface area (Å²) in [5, 5.41) is 7.23. The van der Waals surface area contributed by atoms with Crippen molar-refractivity contribution in [2.75, 3.05) is 6.54 Å². The summed E-state index contributed by atoms with van der Waals surface area (Å²) >= 11 is 1.22. The third-order valence-corrected chi connectivity index (χ3v) is 3.26. The van der Waals surface area contributed by atoms with Crippen LogP contribution in [0.5, 0.6) is 0 Å². The van der Waals surface area contributed by atoms with Gasteiger partial charge in [0.15, 0.2) is 0 Å². The van der Waals surface area contributed by atoms with Gasteiger partial charge in [-0.3, -0.25) is 5.10 Å². The molecule has 6 heteroatoms. The van der Waals surface area contributed by atoms with Gasteiger partial charge in [-0.1, -0.05) is 12.1 Å². The van der Waals surface area contributed by atoms with Crippen LogP contribution in [0.1, 0.15) is 11.4 Å². The molecular formula is C11H13FN4S. The Labute approximate surface area is 103 Å². The lowest BCUT2D eigenvalue weighted by Gasteiger charge is -2.07. The van der Waals surface area contributed by atoms with Gasteiger partial charge in [0.05, 0.1) is 4.90 Å². The number of benzene rings is 1. The third-order valence-electron chi connectivity index (χ3n) is 2.23. The molecular weight excluding hydrogens is 239 g/mol. The normalized spacial score (nSPS) is 10.8. The molecule has 0 bridgehead atoms. The summed E-state index contributed by atoms with van der Waals surface area (Å²) < 4.78 is 13.7. The van der Waals surface area contributed by atoms with Gasteiger partial charge >= 0.3 is 0 Å². The number of nitrogens with one attached hydrogen (secondary N) is 1. The summed E-state index contributed by atoms with van der Waals surface area (Å²) in [5.74, 6) is 0.451. The molecule has 0 fully saturated rings. The third kappa shape index (κ3) is 2.83. The smallest absolute Gasteiger partial charge is 0.213 e. The van der Waals surface area contributed by atoms with Crippen LogP contribution >= 0.6 is 11.8 Å². The summed E-state index contributed by atoms with van der Waals surface area (Å²) in [5.41, 5.74) is 6.40. The van der Waals surface area contributed by atoms with E-state index in [9.17, 15) is 4.39 Å². The number of aromatic amines is 1. The second-order valence-corrected chi connectivity index (χ2v) is 4.55. The second kappa shape index (κ2) is 5.29. The predicted octanol–water partition coefficient (Wildman–Crippen LogP) is 1.90. The van der Waals surface area contributed by atoms with Gasteiger partial charge in [-0.05, 0) is 43.3 Å². The van der Waals surface area contributed by atoms with Crippen molar-refractivity contribution < 1.29 is 4.39 Å². The lowest BCUT2D eigenvalue weighted by Crippen LogP contribution is -2.04. The van der Waals surface area contributed by atoms with Crippen molar-refractivity contribution in [3.8, 4) is 0 Å². The maximum Gasteiger partial charge on any atom is 0.213 e. The van der Waals surface area contributed by atoms with Crippen LogP contribution in [0, 0.1) is 12.7 Å². The first-order valence-corrected chi connectivity index (χ1v) is 6.06. The van der Waals surface area contributed by atoms with Gasteiger partial charge < -0.3 is 5.73 Å². The SMILES string of the molecule is Cc1nc(Sc2c(F)cccc2CCN)n[nH]1. The molecule has 0 amide bonds. The fourth-order valence-electron chi connectivity index (χ4n) is 1.48. The van der Waals surface area contributed by atoms with E-state index in [4.69, 9.17) is 5.73 Å². The summed E-state index contributed by atoms with van der Waals surface area (Å²) in [4.78, 5) is 4.70. The Kier molecular flexibility index (Phi) is 3.75. The zero-order chi connectivity index (χ0) is 12.3. The highest BCUT2D eigenvalue weighted by Gasteiger charge is 2.12. The number of aromatic nitrogens is 3. The van der Waals surface area contributed by atoms with Crippen molar-refractivity contribution in [2.24, 2.45) is 5.73 Å². The average Bonchev–Trinajstić information content (AvgIpc) is 2.70. The van der Waals surface area contributed by atoms with Crippen LogP contribution < -0.4 is 5.73 Å². The molecule has 0 spiro atoms. The molecule has 0 radical (unpaired) electrons. The Morgan fingerprint density at radius 1 is 1.47 bits per heavy atom. The maximum atomic E-state index is 13.7. The molecule has 17 heavy (non-hydrogen) atoms. The number of halogens is 1. The fourth-order valence-corrected chi connectivity index (χ4v) is 2.40. The first-order valence-electron chi connectivity index (χ1n) is 5.25. The first-order chi connectivity index (χ1) is 8.20. The number of hydrogen-bond acceptors (Lipinski definition) is 4. The quantitative estimate of drug-likeness (QED) is 0.872. The molecule has 0 saturated heterocycles. The van der Waals surface area contributed by atoms with Crippen molar-refractivity contribution in [1.29, 1.82) is 0 Å². The number of H-pyrrole nitrogens is 1. The molecule has 1 heterocycles. The number of aryl methyl sites for hydroxylation is 1. The highest BCUT2D eigenvalue weighted by atomic mass is 32.2. The van der Waals surface area contributed by atoms with Gasteiger partial charge in [-0.2, -0.15) is 0 Å². The zero-order valence-electron chi connectivity index (χ0n) is 9.40. The topological polar surface area (TPSA) is 67.6 Å². The Bertz CT molecular complexity index is 512. The van der Waals surface area contributed by atoms with E-state index in [0.29, 0.717) is 28.8 Å². The monoisotopic (exact) mass is 252 g/mol. The van der Waals surface area contributed by atoms with Crippen LogP contribution in [0.25, 0.3) is 0 Å². The number of nitrogens with zero attached hydrogens (tertiary/aromatic N) is 2. The van der Waals surface area contributed by atoms with Crippen molar-refractivity contribution in [3.05, 3.63) is 35.4 Å². The van der Waals surface area contributed by atoms with Crippen LogP contribution in [0.3, 0.4) is 0 Å². The minimum absolute atomic E-state index is 0.261. The second-order valence-electron chi connectivity index (χ2n) is 3.57. The van der Waals surface area contributed by atoms with Gasteiger partial charge in [0, 0.05) is 0 Å². The highest BCUT2D eigenvalue weighted by molar-refractivity contribution is 7.99. The van der Waals surface area contributed by atoms with Gasteiger partial charge in [0.2, 0.25) is 5.16 Å². The van der Waals surface area contributed by atoms with E-state index < -0.39 is 0 Å². The zero-order valence-corrected chi connectivity index (χ0v) is 10.2. The Hall–Kier alpha value is -1.40. The largest absolute Gasteiger partial charge is 0.330 e. The van der Waals surface area contributed by atoms with E-state index in [1.807, 2.05) is 6.07 Å². The van der Waals surface area contributed by atoms with Crippen LogP contribution in [-0.4, -0.2) is 21.7 Å². The molecule has 0 unspecified atom stereocenters. The van der Waals surface area contributed by atoms with Gasteiger partial charge in [-0.15, -0.1) is 5.10 Å². The van der Waals surface area contributed by atoms with E-state index in [-0.39, 0.29) is 5.82 Å². The van der Waals surface area contributed by atoms with Gasteiger partial charge in [0.25, 0.3) is 0 Å². The minimum Gasteiger partial charge on any atom is -0.330 e. The van der Waals surface area contributed by atoms with Crippen LogP contribution in [0.4, 0.5) is 4.39 Å². The molecule has 0 aliphatic rings. The standard InChI is InChI=1S/C11H13FN4S/c1-7-14-11(16-15-7)17-10-8(5-6-13)3-2-4-9(10)12/h2-4H,5-6,13H2,1H3,(H,14,15,16). The van der Waals surface area contributed by atoms with E-state index >= 15 is 0 Å². The summed E-state index contributed by atoms with van der Waals surface area (Å²) in [6.45, 7) is 2.29. The van der Waals surface area contributed by atoms with Crippen molar-refractivity contribution >= 4 is 11.8 Å². The summed E-state index contributed by atoms with van der Waals surface area (Å²) in [6, 6.07) is 4.99. The molecule has 0 saturated carbocycles. The van der Waals surface area contributed by atoms with Gasteiger partial charge in [0.1, 0.15) is 11.6 Å². The molecule has 4 nitrogen and oxygen atoms in total. The minimum atomic E-state index is -0.261. The van der Waals surface area contributed by atoms with Gasteiger partial charge in [-0.25, -0.2) is 9.37 Å². The molecule has 2 aromatic rings. The maximum absolute atomic E-state index is 13.7. The molecule has 1 aromatic carbocycles. The number of hydrogen-bond donors (Lipinski definition) is 2. The Morgan fingerprint density at radius 2 is 2.29 bits per heavy atom. The van der Waals surface area contributed by atoms with E-state index in [1.165, 1.54) is 17.8 Å². The van der Waals surface area contributed by atoms with Crippen molar-refractivity contribution in [3.63, 3.8) is 0 Å². The molecule has 0 atom stereocenters. The van der Waals surface area contributed by atoms with E-state index in [2.05, 4.69) is 15.2 Å².